The number of piperidine rings is 1. The quantitative estimate of drug-likeness (QED) is 0.833. The number of nitrogens with one attached hydrogen (secondary N) is 1. The van der Waals surface area contributed by atoms with E-state index in [1.54, 1.807) is 0 Å². The van der Waals surface area contributed by atoms with Crippen molar-refractivity contribution in [1.29, 1.82) is 0 Å². The van der Waals surface area contributed by atoms with Crippen LogP contribution in [0.3, 0.4) is 0 Å². The van der Waals surface area contributed by atoms with E-state index >= 15 is 0 Å². The monoisotopic (exact) mass is 297 g/mol. The van der Waals surface area contributed by atoms with Gasteiger partial charge in [0.1, 0.15) is 0 Å². The number of hydrogen-bond acceptors (Lipinski definition) is 5. The average molecular weight is 297 g/mol. The van der Waals surface area contributed by atoms with Crippen LogP contribution in [-0.4, -0.2) is 46.5 Å². The molecule has 1 aromatic rings. The van der Waals surface area contributed by atoms with E-state index in [0.29, 0.717) is 11.6 Å². The third-order valence-electron chi connectivity index (χ3n) is 3.25. The van der Waals surface area contributed by atoms with Crippen LogP contribution in [0.1, 0.15) is 31.4 Å². The second-order valence-corrected chi connectivity index (χ2v) is 5.69. The number of nitrogens with zero attached hydrogens (tertiary/aromatic N) is 2. The highest BCUT2D eigenvalue weighted by molar-refractivity contribution is 7.13. The summed E-state index contributed by atoms with van der Waals surface area (Å²) in [7, 11) is 0. The van der Waals surface area contributed by atoms with E-state index < -0.39 is 5.97 Å². The SMILES string of the molecule is O=C(O)CCc1csc(NCC(=O)N2CCCCC2)n1. The first-order valence-corrected chi connectivity index (χ1v) is 7.71. The number of aromatic nitrogens is 1. The van der Waals surface area contributed by atoms with Crippen LogP contribution in [-0.2, 0) is 16.0 Å². The Morgan fingerprint density at radius 1 is 1.35 bits per heavy atom. The second-order valence-electron chi connectivity index (χ2n) is 4.83. The van der Waals surface area contributed by atoms with E-state index in [2.05, 4.69) is 10.3 Å². The minimum Gasteiger partial charge on any atom is -0.481 e. The van der Waals surface area contributed by atoms with Crippen LogP contribution in [0, 0.1) is 0 Å². The first-order valence-electron chi connectivity index (χ1n) is 6.83. The Hall–Kier alpha value is -1.63. The third-order valence-corrected chi connectivity index (χ3v) is 4.10. The number of carbonyl (C=O) groups is 2. The molecule has 1 amide bonds. The number of likely N-dealkylation sites (tertiary alicyclic amines) is 1. The Morgan fingerprint density at radius 3 is 2.80 bits per heavy atom. The standard InChI is InChI=1S/C13H19N3O3S/c17-11(16-6-2-1-3-7-16)8-14-13-15-10(9-20-13)4-5-12(18)19/h9H,1-8H2,(H,14,15)(H,18,19). The number of carbonyl (C=O) groups excluding carboxylic acids is 1. The molecule has 1 saturated heterocycles. The molecule has 1 aromatic heterocycles. The molecule has 0 unspecified atom stereocenters. The van der Waals surface area contributed by atoms with Gasteiger partial charge in [0.2, 0.25) is 5.91 Å². The smallest absolute Gasteiger partial charge is 0.303 e. The Kier molecular flexibility index (Phi) is 5.34. The number of aryl methyl sites for hydroxylation is 1. The average Bonchev–Trinajstić information content (AvgIpc) is 2.91. The molecule has 20 heavy (non-hydrogen) atoms. The lowest BCUT2D eigenvalue weighted by atomic mass is 10.1. The van der Waals surface area contributed by atoms with Crippen molar-refractivity contribution in [3.05, 3.63) is 11.1 Å². The van der Waals surface area contributed by atoms with Gasteiger partial charge >= 0.3 is 5.97 Å². The van der Waals surface area contributed by atoms with E-state index in [0.717, 1.165) is 31.6 Å². The van der Waals surface area contributed by atoms with Gasteiger partial charge in [-0.3, -0.25) is 9.59 Å². The van der Waals surface area contributed by atoms with E-state index in [1.165, 1.54) is 17.8 Å². The van der Waals surface area contributed by atoms with Crippen LogP contribution in [0.15, 0.2) is 5.38 Å². The molecule has 1 aliphatic rings. The highest BCUT2D eigenvalue weighted by atomic mass is 32.1. The Bertz CT molecular complexity index is 469. The lowest BCUT2D eigenvalue weighted by Crippen LogP contribution is -2.39. The van der Waals surface area contributed by atoms with Gasteiger partial charge < -0.3 is 15.3 Å². The molecule has 2 rings (SSSR count). The molecule has 2 N–H and O–H groups in total. The Balaban J connectivity index is 1.75. The van der Waals surface area contributed by atoms with Crippen molar-refractivity contribution < 1.29 is 14.7 Å². The van der Waals surface area contributed by atoms with E-state index in [4.69, 9.17) is 5.11 Å². The third kappa shape index (κ3) is 4.48. The van der Waals surface area contributed by atoms with E-state index in [9.17, 15) is 9.59 Å². The lowest BCUT2D eigenvalue weighted by molar-refractivity contribution is -0.137. The van der Waals surface area contributed by atoms with E-state index in [1.807, 2.05) is 10.3 Å². The molecular weight excluding hydrogens is 278 g/mol. The summed E-state index contributed by atoms with van der Waals surface area (Å²) in [5, 5.41) is 14.1. The minimum atomic E-state index is -0.826. The number of anilines is 1. The number of amides is 1. The number of aliphatic carboxylic acids is 1. The Labute approximate surface area is 121 Å². The molecule has 0 radical (unpaired) electrons. The molecule has 0 atom stereocenters. The summed E-state index contributed by atoms with van der Waals surface area (Å²) in [6.07, 6.45) is 3.88. The molecule has 7 heteroatoms. The summed E-state index contributed by atoms with van der Waals surface area (Å²) < 4.78 is 0. The zero-order valence-electron chi connectivity index (χ0n) is 11.3. The molecular formula is C13H19N3O3S. The van der Waals surface area contributed by atoms with Gasteiger partial charge in [0.05, 0.1) is 18.7 Å². The van der Waals surface area contributed by atoms with Crippen molar-refractivity contribution in [2.24, 2.45) is 0 Å². The van der Waals surface area contributed by atoms with Gasteiger partial charge in [-0.05, 0) is 19.3 Å². The predicted octanol–water partition coefficient (Wildman–Crippen LogP) is 1.58. The fourth-order valence-electron chi connectivity index (χ4n) is 2.14. The molecule has 0 aromatic carbocycles. The van der Waals surface area contributed by atoms with Gasteiger partial charge in [-0.25, -0.2) is 4.98 Å². The van der Waals surface area contributed by atoms with Gasteiger partial charge in [0.15, 0.2) is 5.13 Å². The molecule has 110 valence electrons. The summed E-state index contributed by atoms with van der Waals surface area (Å²) in [5.74, 6) is -0.722. The topological polar surface area (TPSA) is 82.5 Å². The van der Waals surface area contributed by atoms with Crippen LogP contribution in [0.25, 0.3) is 0 Å². The molecule has 0 aliphatic carbocycles. The maximum absolute atomic E-state index is 12.0. The van der Waals surface area contributed by atoms with Crippen LogP contribution in [0.5, 0.6) is 0 Å². The molecule has 0 bridgehead atoms. The van der Waals surface area contributed by atoms with Crippen molar-refractivity contribution in [3.8, 4) is 0 Å². The molecule has 0 spiro atoms. The highest BCUT2D eigenvalue weighted by Crippen LogP contribution is 2.16. The fraction of sp³-hybridized carbons (Fsp3) is 0.615. The van der Waals surface area contributed by atoms with Gasteiger partial charge in [0.25, 0.3) is 0 Å². The summed E-state index contributed by atoms with van der Waals surface area (Å²) >= 11 is 1.40. The van der Waals surface area contributed by atoms with Crippen molar-refractivity contribution in [2.45, 2.75) is 32.1 Å². The summed E-state index contributed by atoms with van der Waals surface area (Å²) in [6, 6.07) is 0. The predicted molar refractivity (Wildman–Crippen MR) is 77.0 cm³/mol. The normalized spacial score (nSPS) is 15.1. The Morgan fingerprint density at radius 2 is 2.10 bits per heavy atom. The first kappa shape index (κ1) is 14.8. The number of thiazole rings is 1. The first-order chi connectivity index (χ1) is 9.65. The van der Waals surface area contributed by atoms with E-state index in [-0.39, 0.29) is 18.9 Å². The zero-order valence-corrected chi connectivity index (χ0v) is 12.1. The van der Waals surface area contributed by atoms with Crippen LogP contribution < -0.4 is 5.32 Å². The van der Waals surface area contributed by atoms with Gasteiger partial charge in [-0.1, -0.05) is 0 Å². The van der Waals surface area contributed by atoms with Gasteiger partial charge in [-0.15, -0.1) is 11.3 Å². The lowest BCUT2D eigenvalue weighted by Gasteiger charge is -2.26. The highest BCUT2D eigenvalue weighted by Gasteiger charge is 2.16. The molecule has 1 fully saturated rings. The molecule has 0 saturated carbocycles. The van der Waals surface area contributed by atoms with Crippen molar-refractivity contribution in [3.63, 3.8) is 0 Å². The summed E-state index contributed by atoms with van der Waals surface area (Å²) in [4.78, 5) is 28.6. The molecule has 1 aliphatic heterocycles. The summed E-state index contributed by atoms with van der Waals surface area (Å²) in [5.41, 5.74) is 0.755. The van der Waals surface area contributed by atoms with Gasteiger partial charge in [0, 0.05) is 24.9 Å². The number of carboxylic acid groups (broad SMARTS) is 1. The second kappa shape index (κ2) is 7.23. The number of hydrogen-bond donors (Lipinski definition) is 2. The maximum Gasteiger partial charge on any atom is 0.303 e. The van der Waals surface area contributed by atoms with Gasteiger partial charge in [-0.2, -0.15) is 0 Å². The van der Waals surface area contributed by atoms with Crippen LogP contribution in [0.4, 0.5) is 5.13 Å². The zero-order chi connectivity index (χ0) is 14.4. The molecule has 2 heterocycles. The van der Waals surface area contributed by atoms with Crippen molar-refractivity contribution in [2.75, 3.05) is 25.0 Å². The number of rotatable bonds is 6. The fourth-order valence-corrected chi connectivity index (χ4v) is 2.89. The van der Waals surface area contributed by atoms with Crippen LogP contribution >= 0.6 is 11.3 Å². The largest absolute Gasteiger partial charge is 0.481 e. The van der Waals surface area contributed by atoms with Crippen LogP contribution in [0.2, 0.25) is 0 Å². The van der Waals surface area contributed by atoms with Crippen molar-refractivity contribution in [1.82, 2.24) is 9.88 Å². The number of carboxylic acids is 1. The summed E-state index contributed by atoms with van der Waals surface area (Å²) in [6.45, 7) is 1.95. The minimum absolute atomic E-state index is 0.0792. The van der Waals surface area contributed by atoms with Crippen molar-refractivity contribution >= 4 is 28.3 Å². The molecule has 6 nitrogen and oxygen atoms in total. The maximum atomic E-state index is 12.0.